The summed E-state index contributed by atoms with van der Waals surface area (Å²) in [6.45, 7) is 10.9. The van der Waals surface area contributed by atoms with Crippen LogP contribution in [-0.2, 0) is 37.8 Å². The molecule has 0 spiro atoms. The number of benzene rings is 5. The summed E-state index contributed by atoms with van der Waals surface area (Å²) >= 11 is 6.53. The van der Waals surface area contributed by atoms with Crippen LogP contribution in [0.4, 0.5) is 40.3 Å². The molecule has 5 aromatic carbocycles. The van der Waals surface area contributed by atoms with Crippen molar-refractivity contribution >= 4 is 148 Å². The maximum Gasteiger partial charge on any atom is 0.292 e. The number of rotatable bonds is 32. The highest BCUT2D eigenvalue weighted by atomic mass is 35.5. The van der Waals surface area contributed by atoms with Crippen LogP contribution in [-0.4, -0.2) is 224 Å². The molecule has 14 rings (SSSR count). The number of hydrogen-bond donors (Lipinski definition) is 11. The van der Waals surface area contributed by atoms with Crippen LogP contribution in [0.15, 0.2) is 121 Å². The minimum atomic E-state index is -0.687. The Kier molecular flexibility index (Phi) is 23.3. The van der Waals surface area contributed by atoms with E-state index in [0.717, 1.165) is 91.8 Å². The Balaban J connectivity index is 0.457. The minimum absolute atomic E-state index is 0.00183. The highest BCUT2D eigenvalue weighted by Gasteiger charge is 2.36. The zero-order valence-electron chi connectivity index (χ0n) is 63.9. The number of phenols is 1. The van der Waals surface area contributed by atoms with Crippen molar-refractivity contribution < 1.29 is 43.5 Å². The maximum atomic E-state index is 14.1. The van der Waals surface area contributed by atoms with E-state index in [-0.39, 0.29) is 107 Å². The SMILES string of the molecule is CC(=O)Nc1ccc2[nH]c(C(=O)N3CC(CCl)c4c3cc(O)c3ccc(C(=O)NCCCN(C)CCCNC(=O)CCNC(=O)c5nc(NC(=O)c6nc(NC(=O)c7nc(NC(=O)c8nc(NCCCN9CCN(CCCNc%10ccc%11ncn%12c%13ccccc%13c(=O)c%10c%11%12)CC9)cn8C)cn7C)cn6C)cn5C)cc43)cc2c1. The van der Waals surface area contributed by atoms with Gasteiger partial charge < -0.3 is 95.8 Å². The number of imidazole rings is 5. The fourth-order valence-corrected chi connectivity index (χ4v) is 15.1. The second-order valence-corrected chi connectivity index (χ2v) is 29.1. The predicted molar refractivity (Wildman–Crippen MR) is 436 cm³/mol. The number of aryl methyl sites for hydroxylation is 4. The zero-order valence-corrected chi connectivity index (χ0v) is 64.7. The topological polar surface area (TPSA) is 399 Å². The van der Waals surface area contributed by atoms with E-state index < -0.39 is 23.6 Å². The number of halogens is 1. The number of phenolic OH excluding ortho intramolecular Hbond substituents is 1. The normalized spacial score (nSPS) is 13.8. The zero-order chi connectivity index (χ0) is 80.0. The maximum absolute atomic E-state index is 14.1. The monoisotopic (exact) mass is 1570 g/mol. The summed E-state index contributed by atoms with van der Waals surface area (Å²) < 4.78 is 7.87. The molecule has 114 heavy (non-hydrogen) atoms. The number of alkyl halides is 1. The first-order valence-electron chi connectivity index (χ1n) is 37.8. The predicted octanol–water partition coefficient (Wildman–Crippen LogP) is 6.71. The summed E-state index contributed by atoms with van der Waals surface area (Å²) in [6.07, 6.45) is 11.0. The lowest BCUT2D eigenvalue weighted by Crippen LogP contribution is -2.47. The van der Waals surface area contributed by atoms with E-state index in [1.807, 2.05) is 47.8 Å². The molecule has 1 atom stereocenters. The van der Waals surface area contributed by atoms with Crippen LogP contribution in [0.2, 0.25) is 0 Å². The average molecular weight is 1570 g/mol. The van der Waals surface area contributed by atoms with Crippen molar-refractivity contribution in [2.45, 2.75) is 44.9 Å². The minimum Gasteiger partial charge on any atom is -0.507 e. The molecule has 1 unspecified atom stereocenters. The lowest BCUT2D eigenvalue weighted by atomic mass is 9.94. The second-order valence-electron chi connectivity index (χ2n) is 28.8. The molecule has 7 aromatic heterocycles. The Bertz CT molecular complexity index is 5750. The van der Waals surface area contributed by atoms with Crippen molar-refractivity contribution in [3.8, 4) is 5.75 Å². The molecule has 0 saturated carbocycles. The van der Waals surface area contributed by atoms with Gasteiger partial charge >= 0.3 is 0 Å². The van der Waals surface area contributed by atoms with Gasteiger partial charge in [0, 0.05) is 188 Å². The molecule has 0 bridgehead atoms. The van der Waals surface area contributed by atoms with Gasteiger partial charge in [-0.1, -0.05) is 12.1 Å². The van der Waals surface area contributed by atoms with Crippen molar-refractivity contribution in [1.82, 2.24) is 83.2 Å². The van der Waals surface area contributed by atoms with Crippen LogP contribution in [0.3, 0.4) is 0 Å². The molecule has 12 aromatic rings. The molecule has 2 aliphatic rings. The molecule has 34 nitrogen and oxygen atoms in total. The van der Waals surface area contributed by atoms with Gasteiger partial charge in [-0.15, -0.1) is 11.6 Å². The fourth-order valence-electron chi connectivity index (χ4n) is 14.9. The highest BCUT2D eigenvalue weighted by molar-refractivity contribution is 6.20. The Hall–Kier alpha value is -12.8. The van der Waals surface area contributed by atoms with E-state index in [4.69, 9.17) is 11.6 Å². The summed E-state index contributed by atoms with van der Waals surface area (Å²) in [4.78, 5) is 153. The van der Waals surface area contributed by atoms with E-state index in [0.29, 0.717) is 101 Å². The Morgan fingerprint density at radius 3 is 1.82 bits per heavy atom. The molecule has 11 N–H and O–H groups in total. The number of pyridine rings is 1. The van der Waals surface area contributed by atoms with Crippen LogP contribution in [0.1, 0.15) is 114 Å². The molecular weight excluding hydrogens is 1480 g/mol. The largest absolute Gasteiger partial charge is 0.507 e. The Morgan fingerprint density at radius 2 is 1.18 bits per heavy atom. The molecule has 0 radical (unpaired) electrons. The van der Waals surface area contributed by atoms with Crippen LogP contribution in [0, 0.1) is 0 Å². The summed E-state index contributed by atoms with van der Waals surface area (Å²) in [5.41, 5.74) is 6.63. The van der Waals surface area contributed by atoms with Gasteiger partial charge in [0.05, 0.1) is 27.6 Å². The molecule has 2 aliphatic heterocycles. The molecule has 0 aliphatic carbocycles. The van der Waals surface area contributed by atoms with Gasteiger partial charge in [0.15, 0.2) is 22.9 Å². The number of nitrogens with one attached hydrogen (secondary N) is 10. The summed E-state index contributed by atoms with van der Waals surface area (Å²) in [6, 6.07) is 25.2. The van der Waals surface area contributed by atoms with Crippen LogP contribution in [0.5, 0.6) is 5.75 Å². The quantitative estimate of drug-likeness (QED) is 0.0118. The van der Waals surface area contributed by atoms with Crippen LogP contribution in [0.25, 0.3) is 49.0 Å². The van der Waals surface area contributed by atoms with Crippen molar-refractivity contribution in [3.63, 3.8) is 0 Å². The number of aromatic hydroxyl groups is 1. The van der Waals surface area contributed by atoms with Gasteiger partial charge in [0.25, 0.3) is 35.4 Å². The molecule has 592 valence electrons. The average Bonchev–Trinajstić information content (AvgIpc) is 1.49. The number of piperazine rings is 1. The Morgan fingerprint density at radius 1 is 0.596 bits per heavy atom. The number of fused-ring (bicyclic) bond motifs is 6. The van der Waals surface area contributed by atoms with E-state index in [2.05, 4.69) is 92.5 Å². The number of amides is 8. The molecule has 35 heteroatoms. The third-order valence-corrected chi connectivity index (χ3v) is 20.9. The number of carbonyl (C=O) groups is 8. The second kappa shape index (κ2) is 34.0. The molecule has 8 amide bonds. The van der Waals surface area contributed by atoms with E-state index in [9.17, 15) is 48.3 Å². The number of anilines is 7. The van der Waals surface area contributed by atoms with Crippen LogP contribution >= 0.6 is 11.6 Å². The van der Waals surface area contributed by atoms with E-state index in [1.54, 1.807) is 98.7 Å². The van der Waals surface area contributed by atoms with Gasteiger partial charge in [-0.25, -0.2) is 24.9 Å². The standard InChI is InChI=1S/C79H89ClN24O10/c1-46(105)87-50-16-18-54-48(35-50)37-57(88-54)79(114)103-40-49(39-80)66-53-36-47(15-17-51(53)60(106)38-59(66)103)74(109)84-25-10-28-96(2)27-9-24-83-65(107)21-26-85-75(110)70-90-62(42-98(70)4)93-77(112)72-92-64(44-100(72)6)95-78(113)73-91-63(43-99(73)5)94-76(111)71-89-61(41-97(71)3)82-23-12-30-102-33-31-101(32-34-102)29-11-22-81-55-19-20-56-68-67(55)69(108)52-13-7-8-14-58(52)104(68)45-86-56/h7-8,13-20,35-38,41-45,49,81-82,88,106H,9-12,21-34,39-40H2,1-6H3,(H,83,107)(H,84,109)(H,85,110)(H,87,105)(H,93,112)(H,94,111)(H,95,113). The van der Waals surface area contributed by atoms with Crippen molar-refractivity contribution in [2.75, 3.05) is 141 Å². The third-order valence-electron chi connectivity index (χ3n) is 20.6. The molecular formula is C79H89ClN24O10. The fraction of sp³-hybridized carbons (Fsp3) is 0.342. The Labute approximate surface area is 658 Å². The number of carbonyl (C=O) groups excluding carboxylic acids is 8. The molecule has 1 fully saturated rings. The molecule has 9 heterocycles. The summed E-state index contributed by atoms with van der Waals surface area (Å²) in [5, 5.41) is 40.7. The van der Waals surface area contributed by atoms with Gasteiger partial charge in [-0.05, 0) is 137 Å². The van der Waals surface area contributed by atoms with Crippen molar-refractivity contribution in [1.29, 1.82) is 0 Å². The van der Waals surface area contributed by atoms with Crippen LogP contribution < -0.4 is 58.2 Å². The number of nitrogens with zero attached hydrogens (tertiary/aromatic N) is 14. The lowest BCUT2D eigenvalue weighted by molar-refractivity contribution is -0.121. The number of hydrogen-bond acceptors (Lipinski definition) is 20. The first kappa shape index (κ1) is 77.9. The number of para-hydroxylation sites is 1. The highest BCUT2D eigenvalue weighted by Crippen LogP contribution is 2.46. The lowest BCUT2D eigenvalue weighted by Gasteiger charge is -2.34. The van der Waals surface area contributed by atoms with E-state index >= 15 is 0 Å². The van der Waals surface area contributed by atoms with Gasteiger partial charge in [0.1, 0.15) is 23.6 Å². The number of aromatic nitrogens is 11. The smallest absolute Gasteiger partial charge is 0.292 e. The number of aromatic amines is 1. The van der Waals surface area contributed by atoms with E-state index in [1.165, 1.54) is 39.2 Å². The third kappa shape index (κ3) is 17.2. The number of H-pyrrole nitrogens is 1. The first-order valence-corrected chi connectivity index (χ1v) is 38.3. The van der Waals surface area contributed by atoms with Gasteiger partial charge in [-0.2, -0.15) is 0 Å². The summed E-state index contributed by atoms with van der Waals surface area (Å²) in [7, 11) is 8.39. The van der Waals surface area contributed by atoms with Crippen molar-refractivity contribution in [2.24, 2.45) is 28.2 Å². The van der Waals surface area contributed by atoms with Gasteiger partial charge in [-0.3, -0.25) is 47.6 Å². The van der Waals surface area contributed by atoms with Crippen molar-refractivity contribution in [3.05, 3.63) is 166 Å². The molecule has 1 saturated heterocycles. The summed E-state index contributed by atoms with van der Waals surface area (Å²) in [5.74, 6) is -3.02. The van der Waals surface area contributed by atoms with Gasteiger partial charge in [0.2, 0.25) is 35.1 Å². The first-order chi connectivity index (χ1) is 55.0.